The van der Waals surface area contributed by atoms with Crippen molar-refractivity contribution in [2.75, 3.05) is 13.7 Å². The van der Waals surface area contributed by atoms with Gasteiger partial charge in [0.15, 0.2) is 0 Å². The van der Waals surface area contributed by atoms with E-state index < -0.39 is 6.04 Å². The number of nitrogens with zero attached hydrogens (tertiary/aromatic N) is 2. The molecule has 0 amide bonds. The molecule has 1 atom stereocenters. The predicted molar refractivity (Wildman–Crippen MR) is 90.5 cm³/mol. The van der Waals surface area contributed by atoms with Crippen LogP contribution in [0.5, 0.6) is 11.5 Å². The molecule has 0 aliphatic rings. The Hall–Kier alpha value is -3.06. The van der Waals surface area contributed by atoms with Gasteiger partial charge in [0, 0.05) is 5.56 Å². The van der Waals surface area contributed by atoms with Crippen LogP contribution in [-0.4, -0.2) is 41.6 Å². The first-order valence-corrected chi connectivity index (χ1v) is 7.21. The zero-order chi connectivity index (χ0) is 17.4. The second-order valence-electron chi connectivity index (χ2n) is 4.89. The van der Waals surface area contributed by atoms with Crippen LogP contribution in [0.4, 0.5) is 0 Å². The van der Waals surface area contributed by atoms with Gasteiger partial charge in [-0.25, -0.2) is 0 Å². The number of benzene rings is 2. The Morgan fingerprint density at radius 2 is 1.62 bits per heavy atom. The lowest BCUT2D eigenvalue weighted by atomic mass is 10.0. The maximum atomic E-state index is 9.27. The van der Waals surface area contributed by atoms with Crippen LogP contribution in [-0.2, 0) is 0 Å². The molecule has 7 heteroatoms. The van der Waals surface area contributed by atoms with E-state index in [1.807, 2.05) is 6.07 Å². The predicted octanol–water partition coefficient (Wildman–Crippen LogP) is 2.11. The van der Waals surface area contributed by atoms with E-state index in [1.165, 1.54) is 0 Å². The summed E-state index contributed by atoms with van der Waals surface area (Å²) in [6.45, 7) is 0.0393. The van der Waals surface area contributed by atoms with Crippen LogP contribution in [0.25, 0.3) is 0 Å². The molecule has 0 fully saturated rings. The molecule has 0 bridgehead atoms. The highest BCUT2D eigenvalue weighted by Gasteiger charge is 2.21. The Morgan fingerprint density at radius 3 is 2.17 bits per heavy atom. The van der Waals surface area contributed by atoms with E-state index in [0.29, 0.717) is 17.1 Å². The van der Waals surface area contributed by atoms with Gasteiger partial charge in [0.25, 0.3) is 0 Å². The first kappa shape index (κ1) is 17.3. The van der Waals surface area contributed by atoms with Crippen LogP contribution < -0.4 is 15.2 Å². The molecule has 24 heavy (non-hydrogen) atoms. The van der Waals surface area contributed by atoms with Gasteiger partial charge in [0.05, 0.1) is 13.2 Å². The SMILES string of the molecule is COc1ccc(OCC(N)C(=N\O)/C(=N/O)c2ccccc2)cc1. The van der Waals surface area contributed by atoms with Crippen molar-refractivity contribution in [3.05, 3.63) is 60.2 Å². The van der Waals surface area contributed by atoms with Crippen LogP contribution in [0.3, 0.4) is 0 Å². The van der Waals surface area contributed by atoms with Crippen molar-refractivity contribution < 1.29 is 19.9 Å². The minimum absolute atomic E-state index is 0.0252. The van der Waals surface area contributed by atoms with E-state index >= 15 is 0 Å². The Bertz CT molecular complexity index is 700. The van der Waals surface area contributed by atoms with E-state index in [-0.39, 0.29) is 18.0 Å². The third-order valence-electron chi connectivity index (χ3n) is 3.34. The summed E-state index contributed by atoms with van der Waals surface area (Å²) in [4.78, 5) is 0. The van der Waals surface area contributed by atoms with Crippen molar-refractivity contribution in [1.82, 2.24) is 0 Å². The summed E-state index contributed by atoms with van der Waals surface area (Å²) in [6, 6.07) is 15.0. The average Bonchev–Trinajstić information content (AvgIpc) is 2.65. The quantitative estimate of drug-likeness (QED) is 0.409. The number of ether oxygens (including phenoxy) is 2. The van der Waals surface area contributed by atoms with Crippen molar-refractivity contribution in [3.63, 3.8) is 0 Å². The maximum absolute atomic E-state index is 9.27. The van der Waals surface area contributed by atoms with Crippen molar-refractivity contribution in [2.45, 2.75) is 6.04 Å². The minimum atomic E-state index is -0.789. The molecule has 4 N–H and O–H groups in total. The normalized spacial score (nSPS) is 13.4. The van der Waals surface area contributed by atoms with Crippen molar-refractivity contribution >= 4 is 11.4 Å². The molecule has 0 saturated heterocycles. The number of rotatable bonds is 7. The summed E-state index contributed by atoms with van der Waals surface area (Å²) < 4.78 is 10.6. The van der Waals surface area contributed by atoms with E-state index in [2.05, 4.69) is 10.3 Å². The standard InChI is InChI=1S/C17H19N3O4/c1-23-13-7-9-14(10-8-13)24-11-15(18)17(20-22)16(19-21)12-5-3-2-4-6-12/h2-10,15,21-22H,11,18H2,1H3/b19-16+,20-17+. The monoisotopic (exact) mass is 329 g/mol. The molecule has 1 unspecified atom stereocenters. The van der Waals surface area contributed by atoms with Crippen LogP contribution in [0.1, 0.15) is 5.56 Å². The summed E-state index contributed by atoms with van der Waals surface area (Å²) in [5.74, 6) is 1.30. The lowest BCUT2D eigenvalue weighted by Crippen LogP contribution is -2.41. The van der Waals surface area contributed by atoms with Gasteiger partial charge in [-0.2, -0.15) is 0 Å². The minimum Gasteiger partial charge on any atom is -0.497 e. The largest absolute Gasteiger partial charge is 0.497 e. The molecule has 0 aromatic heterocycles. The Labute approximate surface area is 139 Å². The number of oxime groups is 2. The van der Waals surface area contributed by atoms with Gasteiger partial charge in [-0.05, 0) is 24.3 Å². The molecule has 2 aromatic rings. The van der Waals surface area contributed by atoms with Gasteiger partial charge in [-0.3, -0.25) is 0 Å². The van der Waals surface area contributed by atoms with Crippen LogP contribution in [0.15, 0.2) is 64.9 Å². The zero-order valence-corrected chi connectivity index (χ0v) is 13.2. The molecule has 0 radical (unpaired) electrons. The van der Waals surface area contributed by atoms with Gasteiger partial charge in [-0.1, -0.05) is 40.6 Å². The summed E-state index contributed by atoms with van der Waals surface area (Å²) in [6.07, 6.45) is 0. The molecule has 0 saturated carbocycles. The molecule has 0 spiro atoms. The molecule has 2 aromatic carbocycles. The molecule has 2 rings (SSSR count). The van der Waals surface area contributed by atoms with Crippen LogP contribution >= 0.6 is 0 Å². The molecular formula is C17H19N3O4. The number of hydrogen-bond donors (Lipinski definition) is 3. The Balaban J connectivity index is 2.06. The van der Waals surface area contributed by atoms with Gasteiger partial charge in [-0.15, -0.1) is 0 Å². The summed E-state index contributed by atoms with van der Waals surface area (Å²) in [5, 5.41) is 24.9. The fourth-order valence-electron chi connectivity index (χ4n) is 2.09. The van der Waals surface area contributed by atoms with Crippen LogP contribution in [0.2, 0.25) is 0 Å². The van der Waals surface area contributed by atoms with Crippen molar-refractivity contribution in [1.29, 1.82) is 0 Å². The van der Waals surface area contributed by atoms with Crippen molar-refractivity contribution in [3.8, 4) is 11.5 Å². The fourth-order valence-corrected chi connectivity index (χ4v) is 2.09. The lowest BCUT2D eigenvalue weighted by molar-refractivity contribution is 0.295. The Kier molecular flexibility index (Phi) is 6.16. The van der Waals surface area contributed by atoms with E-state index in [0.717, 1.165) is 0 Å². The summed E-state index contributed by atoms with van der Waals surface area (Å²) in [7, 11) is 1.58. The highest BCUT2D eigenvalue weighted by Crippen LogP contribution is 2.17. The van der Waals surface area contributed by atoms with Gasteiger partial charge >= 0.3 is 0 Å². The smallest absolute Gasteiger partial charge is 0.136 e. The van der Waals surface area contributed by atoms with Crippen molar-refractivity contribution in [2.24, 2.45) is 16.0 Å². The molecule has 7 nitrogen and oxygen atoms in total. The third-order valence-corrected chi connectivity index (χ3v) is 3.34. The maximum Gasteiger partial charge on any atom is 0.136 e. The number of methoxy groups -OCH3 is 1. The zero-order valence-electron chi connectivity index (χ0n) is 13.2. The third kappa shape index (κ3) is 4.23. The second-order valence-corrected chi connectivity index (χ2v) is 4.89. The molecule has 0 aliphatic heterocycles. The highest BCUT2D eigenvalue weighted by atomic mass is 16.5. The number of hydrogen-bond acceptors (Lipinski definition) is 7. The van der Waals surface area contributed by atoms with Gasteiger partial charge in [0.1, 0.15) is 29.5 Å². The van der Waals surface area contributed by atoms with E-state index in [9.17, 15) is 10.4 Å². The first-order chi connectivity index (χ1) is 11.7. The second kappa shape index (κ2) is 8.54. The first-order valence-electron chi connectivity index (χ1n) is 7.21. The van der Waals surface area contributed by atoms with Crippen LogP contribution in [0, 0.1) is 0 Å². The molecule has 0 heterocycles. The Morgan fingerprint density at radius 1 is 1.00 bits per heavy atom. The van der Waals surface area contributed by atoms with E-state index in [1.54, 1.807) is 55.6 Å². The summed E-state index contributed by atoms with van der Waals surface area (Å²) in [5.41, 5.74) is 6.70. The lowest BCUT2D eigenvalue weighted by Gasteiger charge is -2.15. The van der Waals surface area contributed by atoms with E-state index in [4.69, 9.17) is 15.2 Å². The fraction of sp³-hybridized carbons (Fsp3) is 0.176. The average molecular weight is 329 g/mol. The molecule has 126 valence electrons. The van der Waals surface area contributed by atoms with Gasteiger partial charge < -0.3 is 25.6 Å². The summed E-state index contributed by atoms with van der Waals surface area (Å²) >= 11 is 0. The van der Waals surface area contributed by atoms with Gasteiger partial charge in [0.2, 0.25) is 0 Å². The highest BCUT2D eigenvalue weighted by molar-refractivity contribution is 6.49. The molecule has 0 aliphatic carbocycles. The topological polar surface area (TPSA) is 110 Å². The number of nitrogens with two attached hydrogens (primary N) is 1. The molecular weight excluding hydrogens is 310 g/mol.